The first kappa shape index (κ1) is 14.9. The third-order valence-corrected chi connectivity index (χ3v) is 3.72. The molecule has 0 saturated carbocycles. The summed E-state index contributed by atoms with van der Waals surface area (Å²) < 4.78 is 1.68. The fourth-order valence-electron chi connectivity index (χ4n) is 1.65. The molecule has 0 aliphatic carbocycles. The molecule has 1 unspecified atom stereocenters. The van der Waals surface area contributed by atoms with Gasteiger partial charge in [0.15, 0.2) is 0 Å². The molecule has 0 radical (unpaired) electrons. The zero-order valence-corrected chi connectivity index (χ0v) is 11.6. The van der Waals surface area contributed by atoms with Gasteiger partial charge in [0.05, 0.1) is 12.6 Å². The second kappa shape index (κ2) is 7.33. The van der Waals surface area contributed by atoms with Gasteiger partial charge in [-0.25, -0.2) is 0 Å². The standard InChI is InChI=1S/C12H20N2O3S/c1-3-10(7-15)13-11(16)5-4-6-14-9(2)8-18-12(14)17/h8,10,15H,3-7H2,1-2H3,(H,13,16). The molecule has 0 aliphatic heterocycles. The van der Waals surface area contributed by atoms with Gasteiger partial charge in [-0.1, -0.05) is 18.3 Å². The maximum atomic E-state index is 11.6. The van der Waals surface area contributed by atoms with Crippen molar-refractivity contribution in [1.82, 2.24) is 9.88 Å². The Kier molecular flexibility index (Phi) is 6.07. The highest BCUT2D eigenvalue weighted by atomic mass is 32.1. The lowest BCUT2D eigenvalue weighted by Crippen LogP contribution is -2.36. The number of carbonyl (C=O) groups is 1. The molecule has 1 rings (SSSR count). The molecule has 0 spiro atoms. The number of aromatic nitrogens is 1. The number of hydrogen-bond acceptors (Lipinski definition) is 4. The van der Waals surface area contributed by atoms with Gasteiger partial charge in [-0.3, -0.25) is 9.59 Å². The molecular weight excluding hydrogens is 252 g/mol. The largest absolute Gasteiger partial charge is 0.394 e. The number of thiazole rings is 1. The Bertz CT molecular complexity index is 435. The molecule has 1 aromatic rings. The summed E-state index contributed by atoms with van der Waals surface area (Å²) in [6.07, 6.45) is 1.72. The average Bonchev–Trinajstić information content (AvgIpc) is 2.67. The molecule has 102 valence electrons. The lowest BCUT2D eigenvalue weighted by molar-refractivity contribution is -0.122. The smallest absolute Gasteiger partial charge is 0.307 e. The van der Waals surface area contributed by atoms with Gasteiger partial charge in [0.1, 0.15) is 0 Å². The van der Waals surface area contributed by atoms with Gasteiger partial charge in [-0.05, 0) is 19.8 Å². The van der Waals surface area contributed by atoms with Gasteiger partial charge in [-0.2, -0.15) is 0 Å². The molecule has 18 heavy (non-hydrogen) atoms. The molecule has 0 aliphatic rings. The third-order valence-electron chi connectivity index (χ3n) is 2.84. The van der Waals surface area contributed by atoms with E-state index in [4.69, 9.17) is 5.11 Å². The van der Waals surface area contributed by atoms with Crippen molar-refractivity contribution in [3.63, 3.8) is 0 Å². The van der Waals surface area contributed by atoms with Gasteiger partial charge in [0.25, 0.3) is 0 Å². The van der Waals surface area contributed by atoms with Crippen LogP contribution in [0.2, 0.25) is 0 Å². The summed E-state index contributed by atoms with van der Waals surface area (Å²) in [5.74, 6) is -0.0724. The number of nitrogens with one attached hydrogen (secondary N) is 1. The van der Waals surface area contributed by atoms with Crippen LogP contribution in [0.15, 0.2) is 10.2 Å². The van der Waals surface area contributed by atoms with Crippen molar-refractivity contribution in [3.05, 3.63) is 20.7 Å². The Morgan fingerprint density at radius 3 is 2.83 bits per heavy atom. The predicted octanol–water partition coefficient (Wildman–Crippen LogP) is 0.886. The SMILES string of the molecule is CCC(CO)NC(=O)CCCn1c(C)csc1=O. The fraction of sp³-hybridized carbons (Fsp3) is 0.667. The van der Waals surface area contributed by atoms with Crippen molar-refractivity contribution in [2.45, 2.75) is 45.7 Å². The zero-order valence-electron chi connectivity index (χ0n) is 10.8. The molecule has 5 nitrogen and oxygen atoms in total. The Morgan fingerprint density at radius 2 is 2.33 bits per heavy atom. The summed E-state index contributed by atoms with van der Waals surface area (Å²) in [7, 11) is 0. The first-order valence-electron chi connectivity index (χ1n) is 6.13. The molecule has 6 heteroatoms. The fourth-order valence-corrected chi connectivity index (χ4v) is 2.41. The van der Waals surface area contributed by atoms with Crippen molar-refractivity contribution in [2.24, 2.45) is 0 Å². The van der Waals surface area contributed by atoms with Crippen molar-refractivity contribution in [3.8, 4) is 0 Å². The highest BCUT2D eigenvalue weighted by molar-refractivity contribution is 7.07. The van der Waals surface area contributed by atoms with Crippen molar-refractivity contribution in [2.75, 3.05) is 6.61 Å². The van der Waals surface area contributed by atoms with Gasteiger partial charge in [-0.15, -0.1) is 0 Å². The molecule has 1 aromatic heterocycles. The molecule has 1 amide bonds. The summed E-state index contributed by atoms with van der Waals surface area (Å²) >= 11 is 1.18. The van der Waals surface area contributed by atoms with Crippen molar-refractivity contribution in [1.29, 1.82) is 0 Å². The van der Waals surface area contributed by atoms with Crippen LogP contribution in [-0.2, 0) is 11.3 Å². The van der Waals surface area contributed by atoms with E-state index < -0.39 is 0 Å². The minimum atomic E-state index is -0.164. The average molecular weight is 272 g/mol. The maximum Gasteiger partial charge on any atom is 0.307 e. The summed E-state index contributed by atoms with van der Waals surface area (Å²) in [5.41, 5.74) is 0.937. The van der Waals surface area contributed by atoms with Crippen molar-refractivity contribution < 1.29 is 9.90 Å². The second-order valence-electron chi connectivity index (χ2n) is 4.25. The van der Waals surface area contributed by atoms with Crippen LogP contribution >= 0.6 is 11.3 Å². The van der Waals surface area contributed by atoms with Crippen LogP contribution < -0.4 is 10.2 Å². The predicted molar refractivity (Wildman–Crippen MR) is 71.9 cm³/mol. The van der Waals surface area contributed by atoms with Gasteiger partial charge >= 0.3 is 4.87 Å². The molecular formula is C12H20N2O3S. The van der Waals surface area contributed by atoms with E-state index in [-0.39, 0.29) is 23.4 Å². The van der Waals surface area contributed by atoms with E-state index in [1.165, 1.54) is 11.3 Å². The Labute approximate surface area is 110 Å². The summed E-state index contributed by atoms with van der Waals surface area (Å²) in [4.78, 5) is 23.0. The number of nitrogens with zero attached hydrogens (tertiary/aromatic N) is 1. The van der Waals surface area contributed by atoms with Crippen LogP contribution in [0.3, 0.4) is 0 Å². The third kappa shape index (κ3) is 4.27. The van der Waals surface area contributed by atoms with E-state index in [2.05, 4.69) is 5.32 Å². The van der Waals surface area contributed by atoms with Crippen molar-refractivity contribution >= 4 is 17.2 Å². The van der Waals surface area contributed by atoms with E-state index in [1.54, 1.807) is 4.57 Å². The van der Waals surface area contributed by atoms with Crippen LogP contribution in [0.5, 0.6) is 0 Å². The van der Waals surface area contributed by atoms with E-state index in [1.807, 2.05) is 19.2 Å². The number of aryl methyl sites for hydroxylation is 1. The van der Waals surface area contributed by atoms with E-state index >= 15 is 0 Å². The van der Waals surface area contributed by atoms with Crippen LogP contribution in [0, 0.1) is 6.92 Å². The zero-order chi connectivity index (χ0) is 13.5. The number of hydrogen-bond donors (Lipinski definition) is 2. The quantitative estimate of drug-likeness (QED) is 0.774. The first-order chi connectivity index (χ1) is 8.58. The van der Waals surface area contributed by atoms with Crippen LogP contribution in [0.4, 0.5) is 0 Å². The summed E-state index contributed by atoms with van der Waals surface area (Å²) in [6, 6.07) is -0.164. The Hall–Kier alpha value is -1.14. The Morgan fingerprint density at radius 1 is 1.61 bits per heavy atom. The Balaban J connectivity index is 2.34. The number of carbonyl (C=O) groups excluding carboxylic acids is 1. The molecule has 0 bridgehead atoms. The van der Waals surface area contributed by atoms with Gasteiger partial charge in [0.2, 0.25) is 5.91 Å². The van der Waals surface area contributed by atoms with Gasteiger partial charge < -0.3 is 15.0 Å². The first-order valence-corrected chi connectivity index (χ1v) is 7.01. The lowest BCUT2D eigenvalue weighted by atomic mass is 10.2. The van der Waals surface area contributed by atoms with Crippen LogP contribution in [0.1, 0.15) is 31.9 Å². The monoisotopic (exact) mass is 272 g/mol. The number of rotatable bonds is 7. The van der Waals surface area contributed by atoms with E-state index in [0.29, 0.717) is 25.8 Å². The maximum absolute atomic E-state index is 11.6. The number of aliphatic hydroxyl groups excluding tert-OH is 1. The van der Waals surface area contributed by atoms with E-state index in [9.17, 15) is 9.59 Å². The van der Waals surface area contributed by atoms with E-state index in [0.717, 1.165) is 5.69 Å². The lowest BCUT2D eigenvalue weighted by Gasteiger charge is -2.13. The molecule has 0 aromatic carbocycles. The summed E-state index contributed by atoms with van der Waals surface area (Å²) in [6.45, 7) is 4.33. The number of aliphatic hydroxyl groups is 1. The highest BCUT2D eigenvalue weighted by Gasteiger charge is 2.09. The van der Waals surface area contributed by atoms with Crippen LogP contribution in [0.25, 0.3) is 0 Å². The van der Waals surface area contributed by atoms with Gasteiger partial charge in [0, 0.05) is 24.0 Å². The molecule has 2 N–H and O–H groups in total. The normalized spacial score (nSPS) is 12.4. The molecule has 0 saturated heterocycles. The summed E-state index contributed by atoms with van der Waals surface area (Å²) in [5, 5.41) is 13.5. The molecule has 1 atom stereocenters. The second-order valence-corrected chi connectivity index (χ2v) is 5.07. The van der Waals surface area contributed by atoms with Crippen LogP contribution in [-0.4, -0.2) is 28.2 Å². The molecule has 0 fully saturated rings. The minimum Gasteiger partial charge on any atom is -0.394 e. The number of amides is 1. The minimum absolute atomic E-state index is 0.0229. The topological polar surface area (TPSA) is 71.3 Å². The highest BCUT2D eigenvalue weighted by Crippen LogP contribution is 2.02. The molecule has 1 heterocycles.